The quantitative estimate of drug-likeness (QED) is 0.931. The number of nitrogens with one attached hydrogen (secondary N) is 1. The summed E-state index contributed by atoms with van der Waals surface area (Å²) in [7, 11) is 0. The summed E-state index contributed by atoms with van der Waals surface area (Å²) >= 11 is 1.46. The van der Waals surface area contributed by atoms with Crippen LogP contribution in [0.5, 0.6) is 11.5 Å². The molecule has 0 aliphatic carbocycles. The Morgan fingerprint density at radius 2 is 2.22 bits per heavy atom. The van der Waals surface area contributed by atoms with Crippen molar-refractivity contribution < 1.29 is 14.3 Å². The minimum atomic E-state index is -0.236. The van der Waals surface area contributed by atoms with Gasteiger partial charge in [-0.05, 0) is 33.8 Å². The van der Waals surface area contributed by atoms with Crippen LogP contribution < -0.4 is 14.8 Å². The van der Waals surface area contributed by atoms with Gasteiger partial charge in [0.1, 0.15) is 5.60 Å². The first-order chi connectivity index (χ1) is 10.8. The van der Waals surface area contributed by atoms with Gasteiger partial charge in [-0.1, -0.05) is 12.1 Å². The molecule has 122 valence electrons. The predicted octanol–water partition coefficient (Wildman–Crippen LogP) is 3.49. The Morgan fingerprint density at radius 3 is 2.91 bits per heavy atom. The summed E-state index contributed by atoms with van der Waals surface area (Å²) in [6, 6.07) is 5.77. The van der Waals surface area contributed by atoms with Crippen LogP contribution in [0, 0.1) is 13.8 Å². The zero-order valence-electron chi connectivity index (χ0n) is 13.7. The minimum absolute atomic E-state index is 0.0715. The van der Waals surface area contributed by atoms with Crippen molar-refractivity contribution in [2.45, 2.75) is 39.7 Å². The Morgan fingerprint density at radius 1 is 1.43 bits per heavy atom. The van der Waals surface area contributed by atoms with Crippen LogP contribution in [0.15, 0.2) is 18.2 Å². The van der Waals surface area contributed by atoms with Crippen LogP contribution in [0.1, 0.15) is 30.0 Å². The molecule has 0 radical (unpaired) electrons. The summed E-state index contributed by atoms with van der Waals surface area (Å²) < 4.78 is 11.6. The largest absolute Gasteiger partial charge is 0.483 e. The van der Waals surface area contributed by atoms with E-state index in [1.165, 1.54) is 11.3 Å². The fourth-order valence-electron chi connectivity index (χ4n) is 2.53. The lowest BCUT2D eigenvalue weighted by Gasteiger charge is -2.18. The Hall–Kier alpha value is -2.08. The van der Waals surface area contributed by atoms with E-state index in [2.05, 4.69) is 10.3 Å². The van der Waals surface area contributed by atoms with Crippen molar-refractivity contribution in [2.75, 3.05) is 11.9 Å². The SMILES string of the molecule is Cc1nc(NC(=O)COc2cccc3c2OC(C)(C)C3)sc1C. The van der Waals surface area contributed by atoms with E-state index >= 15 is 0 Å². The minimum Gasteiger partial charge on any atom is -0.483 e. The van der Waals surface area contributed by atoms with Crippen molar-refractivity contribution in [3.8, 4) is 11.5 Å². The molecule has 23 heavy (non-hydrogen) atoms. The molecule has 1 N–H and O–H groups in total. The van der Waals surface area contributed by atoms with Crippen LogP contribution in [0.2, 0.25) is 0 Å². The highest BCUT2D eigenvalue weighted by Crippen LogP contribution is 2.41. The summed E-state index contributed by atoms with van der Waals surface area (Å²) in [5.74, 6) is 1.12. The molecule has 0 saturated heterocycles. The number of rotatable bonds is 4. The maximum Gasteiger partial charge on any atom is 0.264 e. The number of aryl methyl sites for hydroxylation is 2. The van der Waals surface area contributed by atoms with Gasteiger partial charge < -0.3 is 9.47 Å². The number of carbonyl (C=O) groups excluding carboxylic acids is 1. The molecule has 0 saturated carbocycles. The number of ether oxygens (including phenoxy) is 2. The smallest absolute Gasteiger partial charge is 0.264 e. The maximum atomic E-state index is 12.0. The van der Waals surface area contributed by atoms with Crippen molar-refractivity contribution in [3.05, 3.63) is 34.3 Å². The number of thiazole rings is 1. The van der Waals surface area contributed by atoms with Crippen LogP contribution in [-0.2, 0) is 11.2 Å². The summed E-state index contributed by atoms with van der Waals surface area (Å²) in [6.45, 7) is 7.90. The Labute approximate surface area is 139 Å². The van der Waals surface area contributed by atoms with Gasteiger partial charge in [-0.3, -0.25) is 10.1 Å². The predicted molar refractivity (Wildman–Crippen MR) is 90.6 cm³/mol. The molecule has 1 aliphatic rings. The first-order valence-electron chi connectivity index (χ1n) is 7.52. The number of benzene rings is 1. The molecule has 0 atom stereocenters. The second-order valence-electron chi connectivity index (χ2n) is 6.28. The van der Waals surface area contributed by atoms with Gasteiger partial charge in [0.2, 0.25) is 0 Å². The van der Waals surface area contributed by atoms with E-state index in [0.717, 1.165) is 28.3 Å². The molecule has 0 bridgehead atoms. The lowest BCUT2D eigenvalue weighted by molar-refractivity contribution is -0.118. The average Bonchev–Trinajstić information content (AvgIpc) is 2.94. The number of hydrogen-bond acceptors (Lipinski definition) is 5. The van der Waals surface area contributed by atoms with E-state index in [-0.39, 0.29) is 18.1 Å². The van der Waals surface area contributed by atoms with Gasteiger partial charge in [0.15, 0.2) is 23.2 Å². The molecule has 5 nitrogen and oxygen atoms in total. The molecule has 1 aromatic carbocycles. The highest BCUT2D eigenvalue weighted by Gasteiger charge is 2.32. The fraction of sp³-hybridized carbons (Fsp3) is 0.412. The number of amides is 1. The molecular formula is C17H20N2O3S. The van der Waals surface area contributed by atoms with E-state index in [0.29, 0.717) is 10.9 Å². The zero-order valence-corrected chi connectivity index (χ0v) is 14.5. The van der Waals surface area contributed by atoms with Gasteiger partial charge >= 0.3 is 0 Å². The van der Waals surface area contributed by atoms with E-state index in [4.69, 9.17) is 9.47 Å². The fourth-order valence-corrected chi connectivity index (χ4v) is 3.36. The third-order valence-electron chi connectivity index (χ3n) is 3.69. The van der Waals surface area contributed by atoms with Crippen molar-refractivity contribution in [1.82, 2.24) is 4.98 Å². The number of carbonyl (C=O) groups is 1. The zero-order chi connectivity index (χ0) is 16.6. The topological polar surface area (TPSA) is 60.5 Å². The number of aromatic nitrogens is 1. The standard InChI is InChI=1S/C17H20N2O3S/c1-10-11(2)23-16(18-10)19-14(20)9-21-13-7-5-6-12-8-17(3,4)22-15(12)13/h5-7H,8-9H2,1-4H3,(H,18,19,20). The number of anilines is 1. The third-order valence-corrected chi connectivity index (χ3v) is 4.68. The average molecular weight is 332 g/mol. The Bertz CT molecular complexity index is 733. The Kier molecular flexibility index (Phi) is 4.02. The first kappa shape index (κ1) is 15.8. The highest BCUT2D eigenvalue weighted by atomic mass is 32.1. The van der Waals surface area contributed by atoms with E-state index in [1.807, 2.05) is 45.9 Å². The lowest BCUT2D eigenvalue weighted by Crippen LogP contribution is -2.25. The molecule has 0 spiro atoms. The highest BCUT2D eigenvalue weighted by molar-refractivity contribution is 7.15. The lowest BCUT2D eigenvalue weighted by atomic mass is 10.0. The van der Waals surface area contributed by atoms with Crippen LogP contribution in [0.4, 0.5) is 5.13 Å². The van der Waals surface area contributed by atoms with E-state index in [9.17, 15) is 4.79 Å². The molecule has 2 aromatic rings. The summed E-state index contributed by atoms with van der Waals surface area (Å²) in [5.41, 5.74) is 1.81. The van der Waals surface area contributed by atoms with Crippen molar-refractivity contribution in [1.29, 1.82) is 0 Å². The Balaban J connectivity index is 1.63. The monoisotopic (exact) mass is 332 g/mol. The van der Waals surface area contributed by atoms with E-state index in [1.54, 1.807) is 0 Å². The number of para-hydroxylation sites is 1. The van der Waals surface area contributed by atoms with Crippen molar-refractivity contribution >= 4 is 22.4 Å². The molecule has 3 rings (SSSR count). The van der Waals surface area contributed by atoms with Crippen LogP contribution in [0.3, 0.4) is 0 Å². The third kappa shape index (κ3) is 3.47. The van der Waals surface area contributed by atoms with Gasteiger partial charge in [-0.25, -0.2) is 4.98 Å². The second-order valence-corrected chi connectivity index (χ2v) is 7.48. The molecular weight excluding hydrogens is 312 g/mol. The molecule has 0 fully saturated rings. The molecule has 1 aliphatic heterocycles. The number of nitrogens with zero attached hydrogens (tertiary/aromatic N) is 1. The van der Waals surface area contributed by atoms with Gasteiger partial charge in [0.05, 0.1) is 5.69 Å². The van der Waals surface area contributed by atoms with Gasteiger partial charge in [-0.15, -0.1) is 11.3 Å². The van der Waals surface area contributed by atoms with Crippen molar-refractivity contribution in [2.24, 2.45) is 0 Å². The number of hydrogen-bond donors (Lipinski definition) is 1. The summed E-state index contributed by atoms with van der Waals surface area (Å²) in [4.78, 5) is 17.4. The van der Waals surface area contributed by atoms with E-state index < -0.39 is 0 Å². The van der Waals surface area contributed by atoms with Gasteiger partial charge in [-0.2, -0.15) is 0 Å². The second kappa shape index (κ2) is 5.85. The molecule has 1 aromatic heterocycles. The number of fused-ring (bicyclic) bond motifs is 1. The van der Waals surface area contributed by atoms with Gasteiger partial charge in [0.25, 0.3) is 5.91 Å². The van der Waals surface area contributed by atoms with Crippen molar-refractivity contribution in [3.63, 3.8) is 0 Å². The van der Waals surface area contributed by atoms with Crippen LogP contribution in [0.25, 0.3) is 0 Å². The normalized spacial score (nSPS) is 15.0. The van der Waals surface area contributed by atoms with Crippen LogP contribution in [-0.4, -0.2) is 23.1 Å². The summed E-state index contributed by atoms with van der Waals surface area (Å²) in [6.07, 6.45) is 0.837. The van der Waals surface area contributed by atoms with Gasteiger partial charge in [0, 0.05) is 16.9 Å². The molecule has 1 amide bonds. The molecule has 2 heterocycles. The summed E-state index contributed by atoms with van der Waals surface area (Å²) in [5, 5.41) is 3.36. The molecule has 0 unspecified atom stereocenters. The van der Waals surface area contributed by atoms with Crippen LogP contribution >= 0.6 is 11.3 Å². The molecule has 6 heteroatoms. The maximum absolute atomic E-state index is 12.0. The first-order valence-corrected chi connectivity index (χ1v) is 8.33.